The number of benzene rings is 1. The smallest absolute Gasteiger partial charge is 0.170 e. The summed E-state index contributed by atoms with van der Waals surface area (Å²) in [6.45, 7) is 5.73. The lowest BCUT2D eigenvalue weighted by atomic mass is 9.96. The standard InChI is InChI=1S/C24H28FN5S/c1-16-15-18(17(2)30(16)21-11-6-5-9-19(21)25)23-22(20-10-7-8-12-26-20)27-24(31)29(23)14-13-28(3)4/h5-12,15,22-23H,13-14H2,1-4H3,(H,27,31)/t22-,23-/m0/s1. The summed E-state index contributed by atoms with van der Waals surface area (Å²) in [6.07, 6.45) is 1.81. The summed E-state index contributed by atoms with van der Waals surface area (Å²) in [5.74, 6) is -0.235. The molecule has 7 heteroatoms. The van der Waals surface area contributed by atoms with E-state index < -0.39 is 0 Å². The molecule has 31 heavy (non-hydrogen) atoms. The minimum atomic E-state index is -0.235. The molecule has 0 radical (unpaired) electrons. The summed E-state index contributed by atoms with van der Waals surface area (Å²) in [4.78, 5) is 8.99. The zero-order chi connectivity index (χ0) is 22.1. The lowest BCUT2D eigenvalue weighted by Gasteiger charge is -2.29. The first kappa shape index (κ1) is 21.5. The average molecular weight is 438 g/mol. The molecular weight excluding hydrogens is 409 g/mol. The first-order valence-electron chi connectivity index (χ1n) is 10.4. The molecule has 0 aliphatic carbocycles. The number of aryl methyl sites for hydroxylation is 1. The Kier molecular flexibility index (Phi) is 6.07. The highest BCUT2D eigenvalue weighted by atomic mass is 32.1. The van der Waals surface area contributed by atoms with Crippen LogP contribution in [-0.4, -0.2) is 51.6 Å². The van der Waals surface area contributed by atoms with Crippen LogP contribution in [0.4, 0.5) is 4.39 Å². The Bertz CT molecular complexity index is 1080. The van der Waals surface area contributed by atoms with Gasteiger partial charge in [-0.25, -0.2) is 4.39 Å². The van der Waals surface area contributed by atoms with Crippen LogP contribution in [0.15, 0.2) is 54.7 Å². The predicted molar refractivity (Wildman–Crippen MR) is 126 cm³/mol. The number of halogens is 1. The van der Waals surface area contributed by atoms with Gasteiger partial charge in [0.15, 0.2) is 5.11 Å². The molecule has 162 valence electrons. The van der Waals surface area contributed by atoms with Crippen molar-refractivity contribution >= 4 is 17.3 Å². The zero-order valence-corrected chi connectivity index (χ0v) is 19.2. The number of pyridine rings is 1. The number of nitrogens with one attached hydrogen (secondary N) is 1. The van der Waals surface area contributed by atoms with Crippen molar-refractivity contribution < 1.29 is 4.39 Å². The number of rotatable bonds is 6. The monoisotopic (exact) mass is 437 g/mol. The van der Waals surface area contributed by atoms with Crippen LogP contribution in [0.1, 0.15) is 34.7 Å². The van der Waals surface area contributed by atoms with Gasteiger partial charge in [0.25, 0.3) is 0 Å². The molecule has 0 bridgehead atoms. The van der Waals surface area contributed by atoms with E-state index in [1.54, 1.807) is 6.07 Å². The van der Waals surface area contributed by atoms with Crippen molar-refractivity contribution in [3.63, 3.8) is 0 Å². The summed E-state index contributed by atoms with van der Waals surface area (Å²) in [6, 6.07) is 14.9. The van der Waals surface area contributed by atoms with Gasteiger partial charge in [-0.15, -0.1) is 0 Å². The highest BCUT2D eigenvalue weighted by Crippen LogP contribution is 2.41. The van der Waals surface area contributed by atoms with Gasteiger partial charge in [0.1, 0.15) is 5.82 Å². The van der Waals surface area contributed by atoms with Gasteiger partial charge in [0.2, 0.25) is 0 Å². The second kappa shape index (κ2) is 8.77. The third kappa shape index (κ3) is 4.07. The molecule has 5 nitrogen and oxygen atoms in total. The van der Waals surface area contributed by atoms with E-state index >= 15 is 0 Å². The SMILES string of the molecule is Cc1cc([C@H]2[C@H](c3ccccn3)NC(=S)N2CCN(C)C)c(C)n1-c1ccccc1F. The van der Waals surface area contributed by atoms with Crippen LogP contribution in [0.2, 0.25) is 0 Å². The molecule has 0 spiro atoms. The fourth-order valence-corrected chi connectivity index (χ4v) is 4.72. The van der Waals surface area contributed by atoms with E-state index in [0.717, 1.165) is 40.8 Å². The molecule has 4 rings (SSSR count). The van der Waals surface area contributed by atoms with Crippen molar-refractivity contribution in [1.82, 2.24) is 24.7 Å². The lowest BCUT2D eigenvalue weighted by molar-refractivity contribution is 0.277. The van der Waals surface area contributed by atoms with E-state index in [9.17, 15) is 4.39 Å². The van der Waals surface area contributed by atoms with E-state index in [-0.39, 0.29) is 17.9 Å². The van der Waals surface area contributed by atoms with Crippen molar-refractivity contribution in [2.45, 2.75) is 25.9 Å². The molecule has 1 fully saturated rings. The summed E-state index contributed by atoms with van der Waals surface area (Å²) in [7, 11) is 4.11. The Morgan fingerprint density at radius 2 is 1.87 bits per heavy atom. The van der Waals surface area contributed by atoms with Gasteiger partial charge in [0, 0.05) is 30.7 Å². The zero-order valence-electron chi connectivity index (χ0n) is 18.3. The Morgan fingerprint density at radius 3 is 2.55 bits per heavy atom. The average Bonchev–Trinajstić information content (AvgIpc) is 3.23. The molecule has 3 heterocycles. The maximum Gasteiger partial charge on any atom is 0.170 e. The van der Waals surface area contributed by atoms with Gasteiger partial charge in [-0.1, -0.05) is 18.2 Å². The van der Waals surface area contributed by atoms with Crippen LogP contribution >= 0.6 is 12.2 Å². The number of nitrogens with zero attached hydrogens (tertiary/aromatic N) is 4. The van der Waals surface area contributed by atoms with Crippen molar-refractivity contribution in [3.8, 4) is 5.69 Å². The van der Waals surface area contributed by atoms with Crippen LogP contribution in [0.3, 0.4) is 0 Å². The molecule has 0 amide bonds. The summed E-state index contributed by atoms with van der Waals surface area (Å²) in [5.41, 5.74) is 4.63. The van der Waals surface area contributed by atoms with E-state index in [1.165, 1.54) is 6.07 Å². The fourth-order valence-electron chi connectivity index (χ4n) is 4.38. The molecular formula is C24H28FN5S. The summed E-state index contributed by atoms with van der Waals surface area (Å²) < 4.78 is 16.6. The first-order valence-corrected chi connectivity index (χ1v) is 10.9. The van der Waals surface area contributed by atoms with Gasteiger partial charge in [0.05, 0.1) is 23.5 Å². The van der Waals surface area contributed by atoms with E-state index in [4.69, 9.17) is 12.2 Å². The molecule has 0 unspecified atom stereocenters. The third-order valence-electron chi connectivity index (χ3n) is 5.87. The Morgan fingerprint density at radius 1 is 1.13 bits per heavy atom. The minimum Gasteiger partial charge on any atom is -0.352 e. The number of aromatic nitrogens is 2. The molecule has 2 aromatic heterocycles. The maximum absolute atomic E-state index is 14.6. The van der Waals surface area contributed by atoms with Gasteiger partial charge in [-0.3, -0.25) is 4.98 Å². The van der Waals surface area contributed by atoms with Crippen LogP contribution in [-0.2, 0) is 0 Å². The van der Waals surface area contributed by atoms with Gasteiger partial charge >= 0.3 is 0 Å². The maximum atomic E-state index is 14.6. The predicted octanol–water partition coefficient (Wildman–Crippen LogP) is 4.16. The first-order chi connectivity index (χ1) is 14.9. The molecule has 1 aliphatic heterocycles. The third-order valence-corrected chi connectivity index (χ3v) is 6.22. The van der Waals surface area contributed by atoms with E-state index in [0.29, 0.717) is 5.69 Å². The number of hydrogen-bond acceptors (Lipinski definition) is 3. The van der Waals surface area contributed by atoms with Crippen LogP contribution in [0, 0.1) is 19.7 Å². The molecule has 2 atom stereocenters. The Labute approximate surface area is 188 Å². The van der Waals surface area contributed by atoms with E-state index in [2.05, 4.69) is 47.2 Å². The van der Waals surface area contributed by atoms with Crippen molar-refractivity contribution in [1.29, 1.82) is 0 Å². The summed E-state index contributed by atoms with van der Waals surface area (Å²) >= 11 is 5.75. The van der Waals surface area contributed by atoms with Gasteiger partial charge in [-0.05, 0) is 76.1 Å². The molecule has 3 aromatic rings. The summed E-state index contributed by atoms with van der Waals surface area (Å²) in [5, 5.41) is 4.21. The van der Waals surface area contributed by atoms with Crippen LogP contribution < -0.4 is 5.32 Å². The molecule has 1 N–H and O–H groups in total. The molecule has 1 saturated heterocycles. The van der Waals surface area contributed by atoms with Gasteiger partial charge < -0.3 is 19.7 Å². The van der Waals surface area contributed by atoms with Crippen molar-refractivity contribution in [2.75, 3.05) is 27.2 Å². The number of thiocarbonyl (C=S) groups is 1. The molecule has 0 saturated carbocycles. The largest absolute Gasteiger partial charge is 0.352 e. The van der Waals surface area contributed by atoms with Crippen molar-refractivity contribution in [3.05, 3.63) is 83.2 Å². The highest BCUT2D eigenvalue weighted by molar-refractivity contribution is 7.80. The number of para-hydroxylation sites is 1. The molecule has 1 aliphatic rings. The van der Waals surface area contributed by atoms with Crippen LogP contribution in [0.5, 0.6) is 0 Å². The van der Waals surface area contributed by atoms with Gasteiger partial charge in [-0.2, -0.15) is 0 Å². The normalized spacial score (nSPS) is 18.6. The second-order valence-electron chi connectivity index (χ2n) is 8.24. The number of hydrogen-bond donors (Lipinski definition) is 1. The number of likely N-dealkylation sites (N-methyl/N-ethyl adjacent to an activating group) is 1. The van der Waals surface area contributed by atoms with Crippen molar-refractivity contribution in [2.24, 2.45) is 0 Å². The van der Waals surface area contributed by atoms with E-state index in [1.807, 2.05) is 48.0 Å². The van der Waals surface area contributed by atoms with Crippen LogP contribution in [0.25, 0.3) is 5.69 Å². The second-order valence-corrected chi connectivity index (χ2v) is 8.62. The quantitative estimate of drug-likeness (QED) is 0.586. The topological polar surface area (TPSA) is 36.3 Å². The Hall–Kier alpha value is -2.77. The highest BCUT2D eigenvalue weighted by Gasteiger charge is 2.41. The molecule has 1 aromatic carbocycles. The fraction of sp³-hybridized carbons (Fsp3) is 0.333. The minimum absolute atomic E-state index is 0.0333. The lowest BCUT2D eigenvalue weighted by Crippen LogP contribution is -2.35. The Balaban J connectivity index is 1.82.